The Morgan fingerprint density at radius 3 is 2.53 bits per heavy atom. The molecule has 2 N–H and O–H groups in total. The summed E-state index contributed by atoms with van der Waals surface area (Å²) in [7, 11) is 0. The zero-order valence-electron chi connectivity index (χ0n) is 18.2. The summed E-state index contributed by atoms with van der Waals surface area (Å²) in [6.45, 7) is 0. The Kier molecular flexibility index (Phi) is 5.69. The molecule has 1 aliphatic carbocycles. The van der Waals surface area contributed by atoms with Gasteiger partial charge in [-0.3, -0.25) is 9.89 Å². The molecule has 1 heterocycles. The molecule has 1 aromatic heterocycles. The molecule has 1 atom stereocenters. The zero-order chi connectivity index (χ0) is 23.7. The molecule has 172 valence electrons. The molecule has 0 unspecified atom stereocenters. The van der Waals surface area contributed by atoms with E-state index in [2.05, 4.69) is 27.6 Å². The van der Waals surface area contributed by atoms with Gasteiger partial charge in [-0.05, 0) is 66.3 Å². The maximum Gasteiger partial charge on any atom is 0.416 e. The van der Waals surface area contributed by atoms with Gasteiger partial charge >= 0.3 is 6.18 Å². The first-order valence-corrected chi connectivity index (χ1v) is 11.1. The van der Waals surface area contributed by atoms with E-state index < -0.39 is 11.7 Å². The molecule has 0 aliphatic heterocycles. The average molecular weight is 461 g/mol. The van der Waals surface area contributed by atoms with Crippen molar-refractivity contribution < 1.29 is 18.0 Å². The smallest absolute Gasteiger partial charge is 0.345 e. The Balaban J connectivity index is 1.31. The lowest BCUT2D eigenvalue weighted by molar-refractivity contribution is -0.137. The number of rotatable bonds is 4. The normalized spacial score (nSPS) is 15.6. The van der Waals surface area contributed by atoms with E-state index in [9.17, 15) is 18.0 Å². The predicted molar refractivity (Wildman–Crippen MR) is 124 cm³/mol. The third kappa shape index (κ3) is 4.46. The van der Waals surface area contributed by atoms with E-state index in [1.54, 1.807) is 36.4 Å². The second-order valence-corrected chi connectivity index (χ2v) is 8.44. The molecule has 0 bridgehead atoms. The van der Waals surface area contributed by atoms with Crippen LogP contribution in [0.5, 0.6) is 0 Å². The number of hydrogen-bond acceptors (Lipinski definition) is 2. The lowest BCUT2D eigenvalue weighted by atomic mass is 9.87. The molecule has 4 aromatic rings. The van der Waals surface area contributed by atoms with Crippen LogP contribution < -0.4 is 5.32 Å². The monoisotopic (exact) mass is 461 g/mol. The molecular weight excluding hydrogens is 439 g/mol. The van der Waals surface area contributed by atoms with Crippen LogP contribution in [0.4, 0.5) is 13.2 Å². The molecule has 34 heavy (non-hydrogen) atoms. The molecule has 0 spiro atoms. The number of aromatic nitrogens is 2. The van der Waals surface area contributed by atoms with Crippen molar-refractivity contribution in [1.82, 2.24) is 15.5 Å². The molecular formula is C27H22F3N3O. The maximum absolute atomic E-state index is 13.0. The van der Waals surface area contributed by atoms with Crippen LogP contribution in [0.15, 0.2) is 78.9 Å². The first-order chi connectivity index (χ1) is 16.4. The number of carbonyl (C=O) groups is 1. The van der Waals surface area contributed by atoms with Crippen LogP contribution in [-0.4, -0.2) is 16.1 Å². The highest BCUT2D eigenvalue weighted by molar-refractivity contribution is 5.95. The Morgan fingerprint density at radius 2 is 1.74 bits per heavy atom. The molecule has 1 aliphatic rings. The van der Waals surface area contributed by atoms with E-state index in [1.807, 2.05) is 12.1 Å². The Morgan fingerprint density at radius 1 is 0.941 bits per heavy atom. The molecule has 0 saturated carbocycles. The number of amides is 1. The number of carbonyl (C=O) groups excluding carboxylic acids is 1. The molecule has 0 saturated heterocycles. The molecule has 0 radical (unpaired) electrons. The van der Waals surface area contributed by atoms with Crippen LogP contribution in [0, 0.1) is 0 Å². The number of aryl methyl sites for hydroxylation is 1. The summed E-state index contributed by atoms with van der Waals surface area (Å²) in [4.78, 5) is 12.8. The van der Waals surface area contributed by atoms with Gasteiger partial charge in [-0.2, -0.15) is 18.3 Å². The summed E-state index contributed by atoms with van der Waals surface area (Å²) in [6.07, 6.45) is -1.43. The minimum atomic E-state index is -4.41. The van der Waals surface area contributed by atoms with Gasteiger partial charge in [-0.15, -0.1) is 0 Å². The Labute approximate surface area is 194 Å². The lowest BCUT2D eigenvalue weighted by Gasteiger charge is -2.26. The fourth-order valence-electron chi connectivity index (χ4n) is 4.42. The van der Waals surface area contributed by atoms with Crippen molar-refractivity contribution in [2.45, 2.75) is 31.5 Å². The van der Waals surface area contributed by atoms with Gasteiger partial charge < -0.3 is 5.32 Å². The van der Waals surface area contributed by atoms with Gasteiger partial charge in [0, 0.05) is 11.1 Å². The molecule has 3 aromatic carbocycles. The van der Waals surface area contributed by atoms with Crippen molar-refractivity contribution in [3.05, 3.63) is 101 Å². The van der Waals surface area contributed by atoms with Crippen molar-refractivity contribution in [1.29, 1.82) is 0 Å². The third-order valence-corrected chi connectivity index (χ3v) is 6.20. The number of hydrogen-bond donors (Lipinski definition) is 2. The largest absolute Gasteiger partial charge is 0.416 e. The highest BCUT2D eigenvalue weighted by Crippen LogP contribution is 2.33. The quantitative estimate of drug-likeness (QED) is 0.361. The van der Waals surface area contributed by atoms with Crippen LogP contribution in [0.2, 0.25) is 0 Å². The van der Waals surface area contributed by atoms with Crippen molar-refractivity contribution in [2.24, 2.45) is 0 Å². The second kappa shape index (κ2) is 8.82. The van der Waals surface area contributed by atoms with Crippen LogP contribution in [0.3, 0.4) is 0 Å². The van der Waals surface area contributed by atoms with E-state index in [-0.39, 0.29) is 11.9 Å². The van der Waals surface area contributed by atoms with Gasteiger partial charge in [-0.1, -0.05) is 48.5 Å². The van der Waals surface area contributed by atoms with Crippen LogP contribution in [-0.2, 0) is 12.6 Å². The zero-order valence-corrected chi connectivity index (χ0v) is 18.2. The number of halogens is 3. The van der Waals surface area contributed by atoms with Crippen molar-refractivity contribution >= 4 is 5.91 Å². The van der Waals surface area contributed by atoms with Gasteiger partial charge in [0.05, 0.1) is 23.0 Å². The topological polar surface area (TPSA) is 57.8 Å². The number of fused-ring (bicyclic) bond motifs is 1. The average Bonchev–Trinajstić information content (AvgIpc) is 3.34. The van der Waals surface area contributed by atoms with Crippen molar-refractivity contribution in [2.75, 3.05) is 0 Å². The number of nitrogens with one attached hydrogen (secondary N) is 2. The second-order valence-electron chi connectivity index (χ2n) is 8.44. The number of benzene rings is 3. The summed E-state index contributed by atoms with van der Waals surface area (Å²) in [5.41, 5.74) is 4.52. The first-order valence-electron chi connectivity index (χ1n) is 11.1. The van der Waals surface area contributed by atoms with Gasteiger partial charge in [0.25, 0.3) is 5.91 Å². The molecule has 5 rings (SSSR count). The summed E-state index contributed by atoms with van der Waals surface area (Å²) in [5, 5.41) is 10.2. The number of alkyl halides is 3. The van der Waals surface area contributed by atoms with Crippen molar-refractivity contribution in [3.63, 3.8) is 0 Å². The van der Waals surface area contributed by atoms with E-state index in [0.717, 1.165) is 37.0 Å². The lowest BCUT2D eigenvalue weighted by Crippen LogP contribution is -2.30. The Bertz CT molecular complexity index is 1330. The van der Waals surface area contributed by atoms with E-state index in [0.29, 0.717) is 22.5 Å². The fourth-order valence-corrected chi connectivity index (χ4v) is 4.42. The standard InChI is InChI=1S/C27H22F3N3O/c28-27(29,30)21-8-3-7-20(15-21)25-16-24(32-33-25)18-11-13-19(14-12-18)26(34)31-23-10-4-6-17-5-1-2-9-22(17)23/h1-3,5,7-9,11-16,23H,4,6,10H2,(H,31,34)(H,32,33)/t23-/m1/s1. The van der Waals surface area contributed by atoms with E-state index >= 15 is 0 Å². The number of H-pyrrole nitrogens is 1. The summed E-state index contributed by atoms with van der Waals surface area (Å²) in [6, 6.07) is 22.0. The van der Waals surface area contributed by atoms with Gasteiger partial charge in [0.15, 0.2) is 0 Å². The third-order valence-electron chi connectivity index (χ3n) is 6.20. The van der Waals surface area contributed by atoms with Crippen LogP contribution >= 0.6 is 0 Å². The minimum absolute atomic E-state index is 0.000228. The SMILES string of the molecule is O=C(N[C@@H]1CCCc2ccccc21)c1ccc(-c2cc(-c3cccc(C(F)(F)F)c3)n[nH]2)cc1. The summed E-state index contributed by atoms with van der Waals surface area (Å²) < 4.78 is 39.1. The summed E-state index contributed by atoms with van der Waals surface area (Å²) in [5.74, 6) is -0.137. The van der Waals surface area contributed by atoms with Crippen molar-refractivity contribution in [3.8, 4) is 22.5 Å². The molecule has 7 heteroatoms. The fraction of sp³-hybridized carbons (Fsp3) is 0.185. The van der Waals surface area contributed by atoms with E-state index in [1.165, 1.54) is 17.2 Å². The Hall–Kier alpha value is -3.87. The highest BCUT2D eigenvalue weighted by Gasteiger charge is 2.30. The molecule has 4 nitrogen and oxygen atoms in total. The minimum Gasteiger partial charge on any atom is -0.345 e. The van der Waals surface area contributed by atoms with Gasteiger partial charge in [0.2, 0.25) is 0 Å². The maximum atomic E-state index is 13.0. The van der Waals surface area contributed by atoms with E-state index in [4.69, 9.17) is 0 Å². The highest BCUT2D eigenvalue weighted by atomic mass is 19.4. The summed E-state index contributed by atoms with van der Waals surface area (Å²) >= 11 is 0. The van der Waals surface area contributed by atoms with Crippen LogP contribution in [0.1, 0.15) is 45.9 Å². The van der Waals surface area contributed by atoms with Crippen LogP contribution in [0.25, 0.3) is 22.5 Å². The van der Waals surface area contributed by atoms with Gasteiger partial charge in [-0.25, -0.2) is 0 Å². The number of nitrogens with zero attached hydrogens (tertiary/aromatic N) is 1. The number of aromatic amines is 1. The first kappa shape index (κ1) is 21.9. The molecule has 0 fully saturated rings. The molecule has 1 amide bonds. The predicted octanol–water partition coefficient (Wildman–Crippen LogP) is 6.57. The van der Waals surface area contributed by atoms with Gasteiger partial charge in [0.1, 0.15) is 0 Å².